The molecular formula is C11H10F2N2O2S2. The van der Waals surface area contributed by atoms with Gasteiger partial charge in [-0.3, -0.25) is 0 Å². The molecule has 0 amide bonds. The third-order valence-electron chi connectivity index (χ3n) is 3.35. The Bertz CT molecular complexity index is 663. The van der Waals surface area contributed by atoms with Crippen LogP contribution in [0.15, 0.2) is 18.2 Å². The number of halogens is 2. The first kappa shape index (κ1) is 12.7. The summed E-state index contributed by atoms with van der Waals surface area (Å²) in [4.78, 5) is 1.43. The van der Waals surface area contributed by atoms with Crippen LogP contribution < -0.4 is 10.2 Å². The Morgan fingerprint density at radius 2 is 2.05 bits per heavy atom. The van der Waals surface area contributed by atoms with Crippen LogP contribution in [0.2, 0.25) is 0 Å². The van der Waals surface area contributed by atoms with Gasteiger partial charge in [0.05, 0.1) is 29.3 Å². The Morgan fingerprint density at radius 1 is 1.32 bits per heavy atom. The smallest absolute Gasteiger partial charge is 0.174 e. The summed E-state index contributed by atoms with van der Waals surface area (Å²) >= 11 is 5.10. The molecule has 0 saturated carbocycles. The van der Waals surface area contributed by atoms with Gasteiger partial charge in [-0.1, -0.05) is 0 Å². The number of sulfone groups is 1. The van der Waals surface area contributed by atoms with Crippen LogP contribution in [-0.4, -0.2) is 37.1 Å². The summed E-state index contributed by atoms with van der Waals surface area (Å²) in [6.45, 7) is 0. The molecule has 19 heavy (non-hydrogen) atoms. The molecule has 2 aliphatic heterocycles. The van der Waals surface area contributed by atoms with Crippen molar-refractivity contribution in [3.63, 3.8) is 0 Å². The number of fused-ring (bicyclic) bond motifs is 1. The maximum Gasteiger partial charge on any atom is 0.174 e. The molecule has 2 saturated heterocycles. The number of nitrogens with zero attached hydrogens (tertiary/aromatic N) is 1. The average Bonchev–Trinajstić information content (AvgIpc) is 2.70. The normalized spacial score (nSPS) is 28.3. The van der Waals surface area contributed by atoms with Gasteiger partial charge in [-0.25, -0.2) is 17.2 Å². The fourth-order valence-electron chi connectivity index (χ4n) is 2.56. The Morgan fingerprint density at radius 3 is 2.74 bits per heavy atom. The molecule has 1 aromatic carbocycles. The number of thiocarbonyl (C=S) groups is 1. The minimum Gasteiger partial charge on any atom is -0.356 e. The monoisotopic (exact) mass is 304 g/mol. The topological polar surface area (TPSA) is 49.4 Å². The molecule has 3 rings (SSSR count). The van der Waals surface area contributed by atoms with Crippen LogP contribution in [0.4, 0.5) is 14.5 Å². The van der Waals surface area contributed by atoms with Crippen LogP contribution >= 0.6 is 12.2 Å². The van der Waals surface area contributed by atoms with E-state index < -0.39 is 27.5 Å². The Kier molecular flexibility index (Phi) is 2.75. The SMILES string of the molecule is O=S1(=O)C[C@@H]2[C@@H](C1)NC(=S)N2c1ccc(F)cc1F. The zero-order chi connectivity index (χ0) is 13.8. The molecule has 1 aromatic rings. The van der Waals surface area contributed by atoms with Crippen LogP contribution in [0, 0.1) is 11.6 Å². The Labute approximate surface area is 114 Å². The fraction of sp³-hybridized carbons (Fsp3) is 0.364. The first-order chi connectivity index (χ1) is 8.87. The minimum absolute atomic E-state index is 0.0167. The average molecular weight is 304 g/mol. The predicted octanol–water partition coefficient (Wildman–Crippen LogP) is 0.825. The number of nitrogens with one attached hydrogen (secondary N) is 1. The molecule has 2 heterocycles. The standard InChI is InChI=1S/C11H10F2N2O2S2/c12-6-1-2-9(7(13)3-6)15-10-5-19(16,17)4-8(10)14-11(15)18/h1-3,8,10H,4-5H2,(H,14,18)/t8-,10-/m1/s1. The van der Waals surface area contributed by atoms with E-state index >= 15 is 0 Å². The highest BCUT2D eigenvalue weighted by molar-refractivity contribution is 7.91. The van der Waals surface area contributed by atoms with Gasteiger partial charge in [0.15, 0.2) is 14.9 Å². The van der Waals surface area contributed by atoms with E-state index in [9.17, 15) is 17.2 Å². The fourth-order valence-corrected chi connectivity index (χ4v) is 4.84. The Hall–Kier alpha value is -1.28. The zero-order valence-electron chi connectivity index (χ0n) is 9.64. The van der Waals surface area contributed by atoms with Gasteiger partial charge < -0.3 is 10.2 Å². The lowest BCUT2D eigenvalue weighted by Gasteiger charge is -2.23. The van der Waals surface area contributed by atoms with Crippen LogP contribution in [-0.2, 0) is 9.84 Å². The van der Waals surface area contributed by atoms with Gasteiger partial charge in [0, 0.05) is 6.07 Å². The molecule has 0 radical (unpaired) electrons. The summed E-state index contributed by atoms with van der Waals surface area (Å²) < 4.78 is 49.9. The molecule has 2 atom stereocenters. The van der Waals surface area contributed by atoms with E-state index in [1.165, 1.54) is 11.0 Å². The van der Waals surface area contributed by atoms with Gasteiger partial charge in [0.1, 0.15) is 11.6 Å². The highest BCUT2D eigenvalue weighted by Crippen LogP contribution is 2.31. The van der Waals surface area contributed by atoms with E-state index in [2.05, 4.69) is 5.32 Å². The zero-order valence-corrected chi connectivity index (χ0v) is 11.3. The molecule has 0 aliphatic carbocycles. The van der Waals surface area contributed by atoms with Crippen molar-refractivity contribution in [3.05, 3.63) is 29.8 Å². The number of hydrogen-bond donors (Lipinski definition) is 1. The second kappa shape index (κ2) is 4.11. The second-order valence-electron chi connectivity index (χ2n) is 4.67. The highest BCUT2D eigenvalue weighted by Gasteiger charge is 2.48. The van der Waals surface area contributed by atoms with Crippen molar-refractivity contribution in [1.82, 2.24) is 5.32 Å². The molecule has 2 aliphatic rings. The van der Waals surface area contributed by atoms with E-state index in [4.69, 9.17) is 12.2 Å². The lowest BCUT2D eigenvalue weighted by Crippen LogP contribution is -2.37. The van der Waals surface area contributed by atoms with Gasteiger partial charge in [0.25, 0.3) is 0 Å². The largest absolute Gasteiger partial charge is 0.356 e. The molecule has 0 unspecified atom stereocenters. The van der Waals surface area contributed by atoms with Crippen molar-refractivity contribution in [3.8, 4) is 0 Å². The summed E-state index contributed by atoms with van der Waals surface area (Å²) in [7, 11) is -3.15. The second-order valence-corrected chi connectivity index (χ2v) is 7.21. The lowest BCUT2D eigenvalue weighted by atomic mass is 10.1. The van der Waals surface area contributed by atoms with Crippen LogP contribution in [0.3, 0.4) is 0 Å². The molecule has 8 heteroatoms. The molecule has 0 aromatic heterocycles. The van der Waals surface area contributed by atoms with Gasteiger partial charge in [0.2, 0.25) is 0 Å². The quantitative estimate of drug-likeness (QED) is 0.779. The third-order valence-corrected chi connectivity index (χ3v) is 5.38. The first-order valence-electron chi connectivity index (χ1n) is 5.62. The van der Waals surface area contributed by atoms with E-state index in [1.54, 1.807) is 0 Å². The van der Waals surface area contributed by atoms with Crippen molar-refractivity contribution in [2.24, 2.45) is 0 Å². The van der Waals surface area contributed by atoms with Gasteiger partial charge in [-0.05, 0) is 24.4 Å². The van der Waals surface area contributed by atoms with Crippen molar-refractivity contribution in [2.45, 2.75) is 12.1 Å². The van der Waals surface area contributed by atoms with Crippen molar-refractivity contribution >= 4 is 32.9 Å². The van der Waals surface area contributed by atoms with Crippen molar-refractivity contribution in [2.75, 3.05) is 16.4 Å². The molecule has 2 fully saturated rings. The summed E-state index contributed by atoms with van der Waals surface area (Å²) in [5.74, 6) is -1.54. The van der Waals surface area contributed by atoms with Crippen LogP contribution in [0.5, 0.6) is 0 Å². The maximum absolute atomic E-state index is 13.8. The predicted molar refractivity (Wildman–Crippen MR) is 70.8 cm³/mol. The summed E-state index contributed by atoms with van der Waals surface area (Å²) in [5.41, 5.74) is 0.100. The summed E-state index contributed by atoms with van der Waals surface area (Å²) in [6.07, 6.45) is 0. The summed E-state index contributed by atoms with van der Waals surface area (Å²) in [5, 5.41) is 3.15. The highest BCUT2D eigenvalue weighted by atomic mass is 32.2. The molecule has 4 nitrogen and oxygen atoms in total. The van der Waals surface area contributed by atoms with Gasteiger partial charge in [-0.2, -0.15) is 0 Å². The van der Waals surface area contributed by atoms with Crippen LogP contribution in [0.1, 0.15) is 0 Å². The number of rotatable bonds is 1. The van der Waals surface area contributed by atoms with Gasteiger partial charge >= 0.3 is 0 Å². The minimum atomic E-state index is -3.15. The Balaban J connectivity index is 2.02. The molecule has 1 N–H and O–H groups in total. The molecule has 0 spiro atoms. The van der Waals surface area contributed by atoms with E-state index in [0.717, 1.165) is 12.1 Å². The molecule has 0 bridgehead atoms. The van der Waals surface area contributed by atoms with E-state index in [1.807, 2.05) is 0 Å². The third kappa shape index (κ3) is 2.08. The van der Waals surface area contributed by atoms with Crippen molar-refractivity contribution in [1.29, 1.82) is 0 Å². The molecular weight excluding hydrogens is 294 g/mol. The van der Waals surface area contributed by atoms with Gasteiger partial charge in [-0.15, -0.1) is 0 Å². The van der Waals surface area contributed by atoms with E-state index in [-0.39, 0.29) is 28.3 Å². The van der Waals surface area contributed by atoms with E-state index in [0.29, 0.717) is 0 Å². The lowest BCUT2D eigenvalue weighted by molar-refractivity contribution is 0.577. The first-order valence-corrected chi connectivity index (χ1v) is 7.85. The summed E-state index contributed by atoms with van der Waals surface area (Å²) in [6, 6.07) is 2.39. The number of hydrogen-bond acceptors (Lipinski definition) is 3. The van der Waals surface area contributed by atoms with Crippen LogP contribution in [0.25, 0.3) is 0 Å². The van der Waals surface area contributed by atoms with Crippen molar-refractivity contribution < 1.29 is 17.2 Å². The number of anilines is 1. The molecule has 102 valence electrons. The number of benzene rings is 1. The maximum atomic E-state index is 13.8.